The quantitative estimate of drug-likeness (QED) is 0.714. The molecule has 1 heterocycles. The highest BCUT2D eigenvalue weighted by atomic mass is 32.2. The number of Topliss-reactive ketones (excluding diaryl/α,β-unsaturated/α-hetero) is 1. The summed E-state index contributed by atoms with van der Waals surface area (Å²) in [5.74, 6) is 2.55. The van der Waals surface area contributed by atoms with Gasteiger partial charge in [-0.15, -0.1) is 0 Å². The standard InChI is InChI=1S/C12H20OS/c1-2-3-7-12-10-6-4-5-9(10)11(13)8-14-12/h9-10,12H,2-8H2,1H3. The second-order valence-electron chi connectivity index (χ2n) is 4.66. The van der Waals surface area contributed by atoms with Crippen LogP contribution in [-0.2, 0) is 4.79 Å². The van der Waals surface area contributed by atoms with Gasteiger partial charge in [0.25, 0.3) is 0 Å². The van der Waals surface area contributed by atoms with Crippen LogP contribution in [-0.4, -0.2) is 16.8 Å². The van der Waals surface area contributed by atoms with Crippen molar-refractivity contribution in [1.82, 2.24) is 0 Å². The molecule has 3 atom stereocenters. The Morgan fingerprint density at radius 2 is 2.29 bits per heavy atom. The summed E-state index contributed by atoms with van der Waals surface area (Å²) in [4.78, 5) is 11.7. The van der Waals surface area contributed by atoms with Crippen molar-refractivity contribution in [2.75, 3.05) is 5.75 Å². The number of thioether (sulfide) groups is 1. The molecule has 2 fully saturated rings. The largest absolute Gasteiger partial charge is 0.298 e. The molecule has 1 saturated heterocycles. The molecule has 3 unspecified atom stereocenters. The molecule has 0 radical (unpaired) electrons. The molecule has 14 heavy (non-hydrogen) atoms. The van der Waals surface area contributed by atoms with Crippen LogP contribution in [0, 0.1) is 11.8 Å². The minimum absolute atomic E-state index is 0.457. The average Bonchev–Trinajstić information content (AvgIpc) is 2.66. The lowest BCUT2D eigenvalue weighted by Gasteiger charge is -2.32. The van der Waals surface area contributed by atoms with E-state index < -0.39 is 0 Å². The van der Waals surface area contributed by atoms with Crippen molar-refractivity contribution in [3.8, 4) is 0 Å². The second-order valence-corrected chi connectivity index (χ2v) is 5.89. The normalized spacial score (nSPS) is 37.2. The van der Waals surface area contributed by atoms with Crippen molar-refractivity contribution in [3.05, 3.63) is 0 Å². The third-order valence-electron chi connectivity index (χ3n) is 3.74. The number of hydrogen-bond acceptors (Lipinski definition) is 2. The van der Waals surface area contributed by atoms with Crippen LogP contribution >= 0.6 is 11.8 Å². The summed E-state index contributed by atoms with van der Waals surface area (Å²) in [6.45, 7) is 2.25. The molecular weight excluding hydrogens is 192 g/mol. The fraction of sp³-hybridized carbons (Fsp3) is 0.917. The number of ketones is 1. The molecule has 0 aromatic rings. The van der Waals surface area contributed by atoms with Gasteiger partial charge in [0.05, 0.1) is 5.75 Å². The molecule has 2 heteroatoms. The van der Waals surface area contributed by atoms with E-state index in [1.807, 2.05) is 11.8 Å². The van der Waals surface area contributed by atoms with E-state index >= 15 is 0 Å². The van der Waals surface area contributed by atoms with Gasteiger partial charge in [-0.25, -0.2) is 0 Å². The molecule has 80 valence electrons. The van der Waals surface area contributed by atoms with Gasteiger partial charge < -0.3 is 0 Å². The molecule has 2 aliphatic rings. The van der Waals surface area contributed by atoms with Gasteiger partial charge in [0.2, 0.25) is 0 Å². The Labute approximate surface area is 91.0 Å². The lowest BCUT2D eigenvalue weighted by molar-refractivity contribution is -0.121. The fourth-order valence-corrected chi connectivity index (χ4v) is 4.45. The molecule has 0 aromatic heterocycles. The van der Waals surface area contributed by atoms with Crippen LogP contribution in [0.2, 0.25) is 0 Å². The Morgan fingerprint density at radius 1 is 1.43 bits per heavy atom. The molecule has 2 rings (SSSR count). The van der Waals surface area contributed by atoms with E-state index in [-0.39, 0.29) is 0 Å². The zero-order chi connectivity index (χ0) is 9.97. The van der Waals surface area contributed by atoms with Crippen molar-refractivity contribution < 1.29 is 4.79 Å². The van der Waals surface area contributed by atoms with Gasteiger partial charge in [0.15, 0.2) is 0 Å². The first-order valence-corrected chi connectivity index (χ1v) is 7.02. The summed E-state index contributed by atoms with van der Waals surface area (Å²) >= 11 is 1.94. The summed E-state index contributed by atoms with van der Waals surface area (Å²) in [5.41, 5.74) is 0. The number of rotatable bonds is 3. The maximum absolute atomic E-state index is 11.7. The van der Waals surface area contributed by atoms with Gasteiger partial charge in [-0.3, -0.25) is 4.79 Å². The van der Waals surface area contributed by atoms with Crippen molar-refractivity contribution in [1.29, 1.82) is 0 Å². The summed E-state index contributed by atoms with van der Waals surface area (Å²) in [6, 6.07) is 0. The molecule has 1 saturated carbocycles. The van der Waals surface area contributed by atoms with Crippen LogP contribution in [0.3, 0.4) is 0 Å². The minimum Gasteiger partial charge on any atom is -0.298 e. The summed E-state index contributed by atoms with van der Waals surface area (Å²) in [5, 5.41) is 0.806. The number of hydrogen-bond donors (Lipinski definition) is 0. The minimum atomic E-state index is 0.457. The highest BCUT2D eigenvalue weighted by molar-refractivity contribution is 8.00. The SMILES string of the molecule is CCCCC1SCC(=O)C2CCCC12. The third-order valence-corrected chi connectivity index (χ3v) is 5.21. The number of unbranched alkanes of at least 4 members (excludes halogenated alkanes) is 1. The van der Waals surface area contributed by atoms with Crippen molar-refractivity contribution >= 4 is 17.5 Å². The Hall–Kier alpha value is 0.0200. The van der Waals surface area contributed by atoms with E-state index in [1.165, 1.54) is 38.5 Å². The van der Waals surface area contributed by atoms with E-state index in [1.54, 1.807) is 0 Å². The zero-order valence-electron chi connectivity index (χ0n) is 9.00. The van der Waals surface area contributed by atoms with E-state index in [4.69, 9.17) is 0 Å². The molecule has 0 spiro atoms. The van der Waals surface area contributed by atoms with Crippen LogP contribution in [0.25, 0.3) is 0 Å². The van der Waals surface area contributed by atoms with E-state index in [2.05, 4.69) is 6.92 Å². The summed E-state index contributed by atoms with van der Waals surface area (Å²) < 4.78 is 0. The van der Waals surface area contributed by atoms with E-state index in [0.29, 0.717) is 11.7 Å². The van der Waals surface area contributed by atoms with Gasteiger partial charge in [-0.1, -0.05) is 26.2 Å². The predicted molar refractivity (Wildman–Crippen MR) is 61.6 cm³/mol. The first-order valence-electron chi connectivity index (χ1n) is 5.97. The summed E-state index contributed by atoms with van der Waals surface area (Å²) in [7, 11) is 0. The lowest BCUT2D eigenvalue weighted by atomic mass is 9.87. The Balaban J connectivity index is 1.95. The van der Waals surface area contributed by atoms with Gasteiger partial charge in [0, 0.05) is 11.2 Å². The van der Waals surface area contributed by atoms with Crippen molar-refractivity contribution in [3.63, 3.8) is 0 Å². The van der Waals surface area contributed by atoms with Crippen LogP contribution in [0.15, 0.2) is 0 Å². The molecule has 0 aromatic carbocycles. The average molecular weight is 212 g/mol. The summed E-state index contributed by atoms with van der Waals surface area (Å²) in [6.07, 6.45) is 7.78. The van der Waals surface area contributed by atoms with Crippen molar-refractivity contribution in [2.45, 2.75) is 50.7 Å². The first kappa shape index (κ1) is 10.5. The highest BCUT2D eigenvalue weighted by Crippen LogP contribution is 2.45. The molecule has 1 aliphatic carbocycles. The highest BCUT2D eigenvalue weighted by Gasteiger charge is 2.41. The third kappa shape index (κ3) is 2.00. The van der Waals surface area contributed by atoms with Crippen LogP contribution < -0.4 is 0 Å². The van der Waals surface area contributed by atoms with E-state index in [0.717, 1.165) is 16.9 Å². The molecule has 1 aliphatic heterocycles. The monoisotopic (exact) mass is 212 g/mol. The first-order chi connectivity index (χ1) is 6.83. The van der Waals surface area contributed by atoms with E-state index in [9.17, 15) is 4.79 Å². The number of fused-ring (bicyclic) bond motifs is 1. The smallest absolute Gasteiger partial charge is 0.146 e. The number of carbonyl (C=O) groups excluding carboxylic acids is 1. The maximum atomic E-state index is 11.7. The van der Waals surface area contributed by atoms with Crippen molar-refractivity contribution in [2.24, 2.45) is 11.8 Å². The van der Waals surface area contributed by atoms with Crippen LogP contribution in [0.4, 0.5) is 0 Å². The Kier molecular flexibility index (Phi) is 3.53. The lowest BCUT2D eigenvalue weighted by Crippen LogP contribution is -2.34. The molecular formula is C12H20OS. The van der Waals surface area contributed by atoms with Crippen LogP contribution in [0.5, 0.6) is 0 Å². The molecule has 1 nitrogen and oxygen atoms in total. The Bertz CT molecular complexity index is 214. The van der Waals surface area contributed by atoms with Gasteiger partial charge in [-0.05, 0) is 25.2 Å². The second kappa shape index (κ2) is 4.69. The van der Waals surface area contributed by atoms with Gasteiger partial charge in [0.1, 0.15) is 5.78 Å². The van der Waals surface area contributed by atoms with Gasteiger partial charge >= 0.3 is 0 Å². The van der Waals surface area contributed by atoms with Gasteiger partial charge in [-0.2, -0.15) is 11.8 Å². The fourth-order valence-electron chi connectivity index (χ4n) is 2.96. The predicted octanol–water partition coefficient (Wildman–Crippen LogP) is 3.28. The Morgan fingerprint density at radius 3 is 3.07 bits per heavy atom. The van der Waals surface area contributed by atoms with Crippen LogP contribution in [0.1, 0.15) is 45.4 Å². The molecule has 0 amide bonds. The topological polar surface area (TPSA) is 17.1 Å². The maximum Gasteiger partial charge on any atom is 0.146 e. The molecule has 0 N–H and O–H groups in total. The zero-order valence-corrected chi connectivity index (χ0v) is 9.81. The number of carbonyl (C=O) groups is 1. The molecule has 0 bridgehead atoms.